The number of rotatable bonds is 4. The van der Waals surface area contributed by atoms with Gasteiger partial charge in [-0.25, -0.2) is 8.78 Å². The van der Waals surface area contributed by atoms with Gasteiger partial charge in [-0.15, -0.1) is 0 Å². The van der Waals surface area contributed by atoms with Crippen LogP contribution in [0.25, 0.3) is 0 Å². The lowest BCUT2D eigenvalue weighted by molar-refractivity contribution is -0.119. The number of halogens is 2. The minimum atomic E-state index is -0.345. The molecule has 1 unspecified atom stereocenters. The van der Waals surface area contributed by atoms with Crippen LogP contribution >= 0.6 is 0 Å². The molecule has 2 rings (SSSR count). The molecule has 2 aromatic rings. The van der Waals surface area contributed by atoms with Crippen LogP contribution in [0.15, 0.2) is 48.5 Å². The second-order valence-electron chi connectivity index (χ2n) is 4.73. The normalized spacial score (nSPS) is 11.9. The Morgan fingerprint density at radius 1 is 1.00 bits per heavy atom. The second kappa shape index (κ2) is 6.28. The molecule has 104 valence electrons. The number of hydrogen-bond acceptors (Lipinski definition) is 1. The molecular weight excluding hydrogens is 260 g/mol. The third-order valence-electron chi connectivity index (χ3n) is 3.01. The Morgan fingerprint density at radius 2 is 1.50 bits per heavy atom. The molecule has 0 aromatic heterocycles. The quantitative estimate of drug-likeness (QED) is 0.904. The Morgan fingerprint density at radius 3 is 2.05 bits per heavy atom. The van der Waals surface area contributed by atoms with Crippen molar-refractivity contribution in [3.05, 3.63) is 65.7 Å². The SMILES string of the molecule is CC(Cc1ccc(F)cc1)C(=O)Nc1ccc(F)cc1. The zero-order chi connectivity index (χ0) is 14.5. The largest absolute Gasteiger partial charge is 0.326 e. The number of amides is 1. The van der Waals surface area contributed by atoms with E-state index in [0.29, 0.717) is 12.1 Å². The average molecular weight is 275 g/mol. The Balaban J connectivity index is 1.94. The van der Waals surface area contributed by atoms with Crippen LogP contribution in [0.2, 0.25) is 0 Å². The maximum atomic E-state index is 12.8. The lowest BCUT2D eigenvalue weighted by atomic mass is 10.0. The van der Waals surface area contributed by atoms with E-state index in [9.17, 15) is 13.6 Å². The molecule has 1 amide bonds. The topological polar surface area (TPSA) is 29.1 Å². The number of hydrogen-bond donors (Lipinski definition) is 1. The zero-order valence-electron chi connectivity index (χ0n) is 11.1. The van der Waals surface area contributed by atoms with Crippen molar-refractivity contribution in [3.63, 3.8) is 0 Å². The van der Waals surface area contributed by atoms with E-state index in [1.54, 1.807) is 19.1 Å². The highest BCUT2D eigenvalue weighted by Gasteiger charge is 2.13. The molecule has 0 aliphatic carbocycles. The van der Waals surface area contributed by atoms with Crippen LogP contribution < -0.4 is 5.32 Å². The fraction of sp³-hybridized carbons (Fsp3) is 0.188. The Hall–Kier alpha value is -2.23. The standard InChI is InChI=1S/C16H15F2NO/c1-11(10-12-2-4-13(17)5-3-12)16(20)19-15-8-6-14(18)7-9-15/h2-9,11H,10H2,1H3,(H,19,20). The van der Waals surface area contributed by atoms with Crippen LogP contribution in [0.1, 0.15) is 12.5 Å². The Kier molecular flexibility index (Phi) is 4.45. The van der Waals surface area contributed by atoms with Crippen molar-refractivity contribution in [1.82, 2.24) is 0 Å². The van der Waals surface area contributed by atoms with Crippen LogP contribution in [0, 0.1) is 17.6 Å². The first-order chi connectivity index (χ1) is 9.54. The van der Waals surface area contributed by atoms with Gasteiger partial charge in [0.2, 0.25) is 5.91 Å². The lowest BCUT2D eigenvalue weighted by Gasteiger charge is -2.12. The van der Waals surface area contributed by atoms with Gasteiger partial charge in [0.25, 0.3) is 0 Å². The van der Waals surface area contributed by atoms with Crippen molar-refractivity contribution in [3.8, 4) is 0 Å². The summed E-state index contributed by atoms with van der Waals surface area (Å²) in [5.74, 6) is -1.05. The van der Waals surface area contributed by atoms with Gasteiger partial charge in [-0.1, -0.05) is 19.1 Å². The van der Waals surface area contributed by atoms with Gasteiger partial charge in [0.05, 0.1) is 0 Å². The monoisotopic (exact) mass is 275 g/mol. The molecule has 2 nitrogen and oxygen atoms in total. The van der Waals surface area contributed by atoms with Crippen molar-refractivity contribution in [1.29, 1.82) is 0 Å². The van der Waals surface area contributed by atoms with Gasteiger partial charge in [0, 0.05) is 11.6 Å². The molecule has 1 N–H and O–H groups in total. The molecule has 2 aromatic carbocycles. The van der Waals surface area contributed by atoms with Gasteiger partial charge in [0.1, 0.15) is 11.6 Å². The van der Waals surface area contributed by atoms with E-state index in [2.05, 4.69) is 5.32 Å². The predicted octanol–water partition coefficient (Wildman–Crippen LogP) is 3.78. The van der Waals surface area contributed by atoms with Crippen LogP contribution in [0.5, 0.6) is 0 Å². The average Bonchev–Trinajstić information content (AvgIpc) is 2.44. The van der Waals surface area contributed by atoms with Gasteiger partial charge < -0.3 is 5.32 Å². The van der Waals surface area contributed by atoms with E-state index in [-0.39, 0.29) is 23.5 Å². The first-order valence-corrected chi connectivity index (χ1v) is 6.35. The van der Waals surface area contributed by atoms with E-state index in [1.165, 1.54) is 36.4 Å². The van der Waals surface area contributed by atoms with Crippen LogP contribution in [0.4, 0.5) is 14.5 Å². The van der Waals surface area contributed by atoms with E-state index in [4.69, 9.17) is 0 Å². The lowest BCUT2D eigenvalue weighted by Crippen LogP contribution is -2.22. The van der Waals surface area contributed by atoms with Crippen molar-refractivity contribution < 1.29 is 13.6 Å². The molecule has 0 fully saturated rings. The van der Waals surface area contributed by atoms with Gasteiger partial charge in [-0.2, -0.15) is 0 Å². The molecule has 4 heteroatoms. The summed E-state index contributed by atoms with van der Waals surface area (Å²) in [4.78, 5) is 12.0. The van der Waals surface area contributed by atoms with Crippen molar-refractivity contribution >= 4 is 11.6 Å². The van der Waals surface area contributed by atoms with E-state index in [1.807, 2.05) is 0 Å². The maximum Gasteiger partial charge on any atom is 0.227 e. The van der Waals surface area contributed by atoms with Gasteiger partial charge in [-0.05, 0) is 48.4 Å². The predicted molar refractivity (Wildman–Crippen MR) is 74.3 cm³/mol. The Labute approximate surface area is 116 Å². The van der Waals surface area contributed by atoms with Gasteiger partial charge in [-0.3, -0.25) is 4.79 Å². The number of nitrogens with one attached hydrogen (secondary N) is 1. The Bertz CT molecular complexity index is 578. The fourth-order valence-electron chi connectivity index (χ4n) is 1.87. The molecule has 0 bridgehead atoms. The van der Waals surface area contributed by atoms with Crippen molar-refractivity contribution in [2.75, 3.05) is 5.32 Å². The third kappa shape index (κ3) is 3.88. The van der Waals surface area contributed by atoms with E-state index < -0.39 is 0 Å². The van der Waals surface area contributed by atoms with Gasteiger partial charge >= 0.3 is 0 Å². The van der Waals surface area contributed by atoms with E-state index >= 15 is 0 Å². The molecule has 1 atom stereocenters. The molecule has 0 saturated carbocycles. The number of carbonyl (C=O) groups is 1. The molecule has 0 spiro atoms. The van der Waals surface area contributed by atoms with Crippen LogP contribution in [-0.4, -0.2) is 5.91 Å². The zero-order valence-corrected chi connectivity index (χ0v) is 11.1. The van der Waals surface area contributed by atoms with Crippen LogP contribution in [0.3, 0.4) is 0 Å². The fourth-order valence-corrected chi connectivity index (χ4v) is 1.87. The first-order valence-electron chi connectivity index (χ1n) is 6.35. The minimum Gasteiger partial charge on any atom is -0.326 e. The second-order valence-corrected chi connectivity index (χ2v) is 4.73. The maximum absolute atomic E-state index is 12.8. The summed E-state index contributed by atoms with van der Waals surface area (Å²) in [6, 6.07) is 11.7. The van der Waals surface area contributed by atoms with Crippen molar-refractivity contribution in [2.45, 2.75) is 13.3 Å². The summed E-state index contributed by atoms with van der Waals surface area (Å²) in [6.45, 7) is 1.79. The summed E-state index contributed by atoms with van der Waals surface area (Å²) >= 11 is 0. The molecule has 0 saturated heterocycles. The summed E-state index contributed by atoms with van der Waals surface area (Å²) in [7, 11) is 0. The highest BCUT2D eigenvalue weighted by Crippen LogP contribution is 2.13. The number of carbonyl (C=O) groups excluding carboxylic acids is 1. The first kappa shape index (κ1) is 14.2. The van der Waals surface area contributed by atoms with Crippen molar-refractivity contribution in [2.24, 2.45) is 5.92 Å². The van der Waals surface area contributed by atoms with Gasteiger partial charge in [0.15, 0.2) is 0 Å². The molecule has 20 heavy (non-hydrogen) atoms. The smallest absolute Gasteiger partial charge is 0.227 e. The summed E-state index contributed by atoms with van der Waals surface area (Å²) < 4.78 is 25.6. The minimum absolute atomic E-state index is 0.152. The summed E-state index contributed by atoms with van der Waals surface area (Å²) in [6.07, 6.45) is 0.521. The number of benzene rings is 2. The van der Waals surface area contributed by atoms with Crippen LogP contribution in [-0.2, 0) is 11.2 Å². The third-order valence-corrected chi connectivity index (χ3v) is 3.01. The molecule has 0 aliphatic heterocycles. The highest BCUT2D eigenvalue weighted by atomic mass is 19.1. The summed E-state index contributed by atoms with van der Waals surface area (Å²) in [5.41, 5.74) is 1.45. The molecule has 0 heterocycles. The van der Waals surface area contributed by atoms with E-state index in [0.717, 1.165) is 5.56 Å². The molecule has 0 aliphatic rings. The number of anilines is 1. The highest BCUT2D eigenvalue weighted by molar-refractivity contribution is 5.92. The molecule has 0 radical (unpaired) electrons. The molecular formula is C16H15F2NO. The summed E-state index contributed by atoms with van der Waals surface area (Å²) in [5, 5.41) is 2.72.